The molecule has 0 unspecified atom stereocenters. The lowest BCUT2D eigenvalue weighted by Crippen LogP contribution is -2.19. The summed E-state index contributed by atoms with van der Waals surface area (Å²) in [6.07, 6.45) is -5.19. The van der Waals surface area contributed by atoms with E-state index in [9.17, 15) is 27.2 Å². The number of hydrogen-bond acceptors (Lipinski definition) is 5. The number of benzene rings is 2. The van der Waals surface area contributed by atoms with E-state index in [0.29, 0.717) is 11.8 Å². The second-order valence-corrected chi connectivity index (χ2v) is 7.72. The van der Waals surface area contributed by atoms with E-state index in [1.54, 1.807) is 19.9 Å². The van der Waals surface area contributed by atoms with E-state index in [-0.39, 0.29) is 29.3 Å². The molecule has 180 valence electrons. The number of carbonyl (C=O) groups excluding carboxylic acids is 2. The van der Waals surface area contributed by atoms with Crippen molar-refractivity contribution in [2.45, 2.75) is 26.4 Å². The predicted molar refractivity (Wildman–Crippen MR) is 118 cm³/mol. The molecule has 35 heavy (non-hydrogen) atoms. The smallest absolute Gasteiger partial charge is 0.325 e. The van der Waals surface area contributed by atoms with Gasteiger partial charge in [-0.05, 0) is 62.4 Å². The highest BCUT2D eigenvalue weighted by molar-refractivity contribution is 6.04. The summed E-state index contributed by atoms with van der Waals surface area (Å²) in [7, 11) is 0. The van der Waals surface area contributed by atoms with Crippen LogP contribution in [0.4, 0.5) is 28.9 Å². The highest BCUT2D eigenvalue weighted by atomic mass is 19.4. The number of aryl methyl sites for hydroxylation is 2. The fourth-order valence-electron chi connectivity index (χ4n) is 3.39. The first-order valence-electron chi connectivity index (χ1n) is 10.3. The summed E-state index contributed by atoms with van der Waals surface area (Å²) in [5.41, 5.74) is -0.278. The summed E-state index contributed by atoms with van der Waals surface area (Å²) in [5.74, 6) is -1.65. The number of hydrogen-bond donors (Lipinski definition) is 2. The van der Waals surface area contributed by atoms with Crippen LogP contribution in [-0.4, -0.2) is 31.4 Å². The Labute approximate surface area is 196 Å². The molecule has 0 bridgehead atoms. The molecule has 0 aliphatic heterocycles. The minimum Gasteiger partial charge on any atom is -0.325 e. The Hall–Kier alpha value is -4.35. The van der Waals surface area contributed by atoms with Gasteiger partial charge in [-0.3, -0.25) is 9.59 Å². The van der Waals surface area contributed by atoms with Crippen molar-refractivity contribution >= 4 is 29.0 Å². The number of rotatable bonds is 5. The van der Waals surface area contributed by atoms with Crippen molar-refractivity contribution < 1.29 is 27.2 Å². The zero-order valence-electron chi connectivity index (χ0n) is 18.4. The minimum atomic E-state index is -4.82. The van der Waals surface area contributed by atoms with Gasteiger partial charge in [0, 0.05) is 22.6 Å². The van der Waals surface area contributed by atoms with Gasteiger partial charge >= 0.3 is 6.18 Å². The van der Waals surface area contributed by atoms with E-state index in [1.165, 1.54) is 22.7 Å². The number of nitrogens with one attached hydrogen (secondary N) is 2. The molecule has 0 saturated carbocycles. The lowest BCUT2D eigenvalue weighted by atomic mass is 10.1. The van der Waals surface area contributed by atoms with Crippen LogP contribution in [0.3, 0.4) is 0 Å². The lowest BCUT2D eigenvalue weighted by molar-refractivity contribution is -0.136. The van der Waals surface area contributed by atoms with Crippen LogP contribution in [0.15, 0.2) is 48.5 Å². The van der Waals surface area contributed by atoms with Gasteiger partial charge in [0.25, 0.3) is 11.7 Å². The van der Waals surface area contributed by atoms with E-state index < -0.39 is 35.1 Å². The Kier molecular flexibility index (Phi) is 6.20. The minimum absolute atomic E-state index is 0.0669. The van der Waals surface area contributed by atoms with Gasteiger partial charge in [-0.25, -0.2) is 13.9 Å². The second kappa shape index (κ2) is 9.12. The maximum Gasteiger partial charge on any atom is 0.418 e. The van der Waals surface area contributed by atoms with Gasteiger partial charge in [0.2, 0.25) is 5.91 Å². The summed E-state index contributed by atoms with van der Waals surface area (Å²) in [6, 6.07) is 9.26. The normalized spacial score (nSPS) is 11.5. The summed E-state index contributed by atoms with van der Waals surface area (Å²) >= 11 is 0. The lowest BCUT2D eigenvalue weighted by Gasteiger charge is -2.15. The highest BCUT2D eigenvalue weighted by Gasteiger charge is 2.34. The molecule has 0 saturated heterocycles. The van der Waals surface area contributed by atoms with Crippen LogP contribution in [0.2, 0.25) is 0 Å². The molecular weight excluding hydrogens is 468 g/mol. The van der Waals surface area contributed by atoms with Crippen LogP contribution in [0.5, 0.6) is 0 Å². The van der Waals surface area contributed by atoms with E-state index >= 15 is 0 Å². The molecule has 0 aliphatic rings. The maximum absolute atomic E-state index is 13.7. The summed E-state index contributed by atoms with van der Waals surface area (Å²) < 4.78 is 55.5. The van der Waals surface area contributed by atoms with Crippen molar-refractivity contribution in [2.24, 2.45) is 0 Å². The first-order valence-corrected chi connectivity index (χ1v) is 10.3. The van der Waals surface area contributed by atoms with Crippen molar-refractivity contribution in [3.63, 3.8) is 0 Å². The monoisotopic (exact) mass is 486 g/mol. The highest BCUT2D eigenvalue weighted by Crippen LogP contribution is 2.36. The van der Waals surface area contributed by atoms with Crippen LogP contribution >= 0.6 is 0 Å². The van der Waals surface area contributed by atoms with Crippen molar-refractivity contribution in [3.05, 3.63) is 82.7 Å². The Balaban J connectivity index is 1.53. The third kappa shape index (κ3) is 5.42. The average Bonchev–Trinajstić information content (AvgIpc) is 3.17. The quantitative estimate of drug-likeness (QED) is 0.409. The van der Waals surface area contributed by atoms with Gasteiger partial charge in [0.05, 0.1) is 17.7 Å². The molecule has 0 atom stereocenters. The van der Waals surface area contributed by atoms with Crippen LogP contribution in [0.25, 0.3) is 5.78 Å². The topological polar surface area (TPSA) is 101 Å². The van der Waals surface area contributed by atoms with Crippen molar-refractivity contribution in [2.75, 3.05) is 10.6 Å². The Morgan fingerprint density at radius 2 is 1.69 bits per heavy atom. The molecule has 4 aromatic rings. The number of halogens is 4. The number of alkyl halides is 3. The van der Waals surface area contributed by atoms with Crippen LogP contribution in [0.1, 0.15) is 33.1 Å². The van der Waals surface area contributed by atoms with E-state index in [4.69, 9.17) is 0 Å². The van der Waals surface area contributed by atoms with Gasteiger partial charge < -0.3 is 10.6 Å². The number of anilines is 2. The number of amides is 2. The number of aromatic nitrogens is 4. The zero-order chi connectivity index (χ0) is 25.3. The third-order valence-electron chi connectivity index (χ3n) is 4.94. The van der Waals surface area contributed by atoms with Gasteiger partial charge in [-0.15, -0.1) is 5.10 Å². The van der Waals surface area contributed by atoms with Crippen molar-refractivity contribution in [1.82, 2.24) is 19.6 Å². The molecular formula is C23H18F4N6O2. The van der Waals surface area contributed by atoms with Gasteiger partial charge in [-0.1, -0.05) is 0 Å². The summed E-state index contributed by atoms with van der Waals surface area (Å²) in [5, 5.41) is 8.74. The summed E-state index contributed by atoms with van der Waals surface area (Å²) in [4.78, 5) is 33.1. The molecule has 2 aromatic carbocycles. The number of nitrogens with zero attached hydrogens (tertiary/aromatic N) is 4. The van der Waals surface area contributed by atoms with Crippen molar-refractivity contribution in [3.8, 4) is 0 Å². The predicted octanol–water partition coefficient (Wildman–Crippen LogP) is 4.33. The van der Waals surface area contributed by atoms with Crippen LogP contribution < -0.4 is 10.6 Å². The van der Waals surface area contributed by atoms with Gasteiger partial charge in [0.15, 0.2) is 5.82 Å². The summed E-state index contributed by atoms with van der Waals surface area (Å²) in [6.45, 7) is 3.56. The van der Waals surface area contributed by atoms with E-state index in [1.807, 2.05) is 0 Å². The molecule has 0 aliphatic carbocycles. The molecule has 8 nitrogen and oxygen atoms in total. The molecule has 2 amide bonds. The molecule has 2 aromatic heterocycles. The van der Waals surface area contributed by atoms with Gasteiger partial charge in [0.1, 0.15) is 5.82 Å². The SMILES string of the molecule is Cc1cc(C)n2nc(CC(=O)Nc3ccc(NC(=O)c4ccc(F)cc4)cc3C(F)(F)F)nc2n1. The van der Waals surface area contributed by atoms with Crippen molar-refractivity contribution in [1.29, 1.82) is 0 Å². The molecule has 2 N–H and O–H groups in total. The standard InChI is InChI=1S/C23H18F4N6O2/c1-12-9-13(2)33-22(28-12)31-19(32-33)11-20(34)30-18-8-7-16(10-17(18)23(25,26)27)29-21(35)14-3-5-15(24)6-4-14/h3-10H,11H2,1-2H3,(H,29,35)(H,30,34). The Bertz CT molecular complexity index is 1430. The number of fused-ring (bicyclic) bond motifs is 1. The Morgan fingerprint density at radius 3 is 2.37 bits per heavy atom. The van der Waals surface area contributed by atoms with Gasteiger partial charge in [-0.2, -0.15) is 18.2 Å². The first kappa shape index (κ1) is 23.8. The average molecular weight is 486 g/mol. The maximum atomic E-state index is 13.7. The molecule has 0 spiro atoms. The zero-order valence-corrected chi connectivity index (χ0v) is 18.4. The second-order valence-electron chi connectivity index (χ2n) is 7.72. The largest absolute Gasteiger partial charge is 0.418 e. The van der Waals surface area contributed by atoms with Crippen LogP contribution in [0, 0.1) is 19.7 Å². The Morgan fingerprint density at radius 1 is 0.971 bits per heavy atom. The van der Waals surface area contributed by atoms with E-state index in [0.717, 1.165) is 23.9 Å². The molecule has 12 heteroatoms. The first-order chi connectivity index (χ1) is 16.5. The molecule has 0 fully saturated rings. The molecule has 0 radical (unpaired) electrons. The number of carbonyl (C=O) groups is 2. The molecule has 2 heterocycles. The van der Waals surface area contributed by atoms with Crippen LogP contribution in [-0.2, 0) is 17.4 Å². The fraction of sp³-hybridized carbons (Fsp3) is 0.174. The van der Waals surface area contributed by atoms with E-state index in [2.05, 4.69) is 25.7 Å². The fourth-order valence-corrected chi connectivity index (χ4v) is 3.39. The third-order valence-corrected chi connectivity index (χ3v) is 4.94. The molecule has 4 rings (SSSR count).